The number of nitrogens with one attached hydrogen (secondary N) is 3. The average Bonchev–Trinajstić information content (AvgIpc) is 3.17. The normalized spacial score (nSPS) is 15.7. The number of piperazine rings is 1. The van der Waals surface area contributed by atoms with E-state index in [0.717, 1.165) is 62.2 Å². The van der Waals surface area contributed by atoms with Crippen LogP contribution in [0, 0.1) is 0 Å². The first-order valence-electron chi connectivity index (χ1n) is 18.4. The van der Waals surface area contributed by atoms with Crippen LogP contribution in [0.1, 0.15) is 31.2 Å². The Balaban J connectivity index is 0.924. The number of halogens is 1. The van der Waals surface area contributed by atoms with Gasteiger partial charge in [-0.1, -0.05) is 48.7 Å². The van der Waals surface area contributed by atoms with Gasteiger partial charge in [-0.05, 0) is 55.3 Å². The number of fused-ring (bicyclic) bond motifs is 1. The standard InChI is InChI=1S/C39H51ClN8O4/c1-50-36-27-35-32(26-37(36)52-22-7-3-2-6-13-46-14-16-47(17-15-46)18-19-48-20-23-51-24-21-48)38(43-29-42-35)41-28-30-9-8-10-31(25-30)44-39(49)45-34-12-5-4-11-33(34)40/h4-5,8-12,25-27,29H,2-3,6-7,13-24,28H2,1H3,(H,41,42,43)(H2,44,45,49). The van der Waals surface area contributed by atoms with Crippen LogP contribution in [0.5, 0.6) is 11.5 Å². The minimum absolute atomic E-state index is 0.374. The molecule has 52 heavy (non-hydrogen) atoms. The predicted octanol–water partition coefficient (Wildman–Crippen LogP) is 6.44. The number of urea groups is 1. The summed E-state index contributed by atoms with van der Waals surface area (Å²) in [5, 5.41) is 10.4. The Bertz CT molecular complexity index is 1730. The fraction of sp³-hybridized carbons (Fsp3) is 0.462. The van der Waals surface area contributed by atoms with Crippen molar-refractivity contribution in [1.29, 1.82) is 0 Å². The second kappa shape index (κ2) is 19.6. The molecule has 0 radical (unpaired) electrons. The van der Waals surface area contributed by atoms with E-state index in [2.05, 4.69) is 40.6 Å². The zero-order valence-corrected chi connectivity index (χ0v) is 30.9. The van der Waals surface area contributed by atoms with Crippen molar-refractivity contribution in [1.82, 2.24) is 24.7 Å². The van der Waals surface area contributed by atoms with Crippen molar-refractivity contribution in [3.8, 4) is 11.5 Å². The van der Waals surface area contributed by atoms with Crippen molar-refractivity contribution in [2.75, 3.05) is 102 Å². The number of benzene rings is 3. The van der Waals surface area contributed by atoms with Crippen molar-refractivity contribution in [2.24, 2.45) is 0 Å². The molecule has 0 aliphatic carbocycles. The minimum atomic E-state index is -0.374. The van der Waals surface area contributed by atoms with Gasteiger partial charge in [-0.15, -0.1) is 0 Å². The van der Waals surface area contributed by atoms with E-state index in [4.69, 9.17) is 25.8 Å². The molecule has 0 bridgehead atoms. The van der Waals surface area contributed by atoms with E-state index >= 15 is 0 Å². The maximum atomic E-state index is 12.6. The van der Waals surface area contributed by atoms with Crippen LogP contribution in [0.25, 0.3) is 10.9 Å². The maximum Gasteiger partial charge on any atom is 0.323 e. The van der Waals surface area contributed by atoms with Crippen LogP contribution in [0.4, 0.5) is 22.0 Å². The number of amides is 2. The molecule has 3 N–H and O–H groups in total. The van der Waals surface area contributed by atoms with Crippen molar-refractivity contribution >= 4 is 45.7 Å². The fourth-order valence-corrected chi connectivity index (χ4v) is 6.77. The van der Waals surface area contributed by atoms with Crippen molar-refractivity contribution in [3.63, 3.8) is 0 Å². The van der Waals surface area contributed by atoms with Gasteiger partial charge in [0.25, 0.3) is 0 Å². The number of hydrogen-bond donors (Lipinski definition) is 3. The minimum Gasteiger partial charge on any atom is -0.493 e. The Morgan fingerprint density at radius 3 is 2.35 bits per heavy atom. The number of morpholine rings is 1. The maximum absolute atomic E-state index is 12.6. The molecule has 0 atom stereocenters. The molecular formula is C39H51ClN8O4. The van der Waals surface area contributed by atoms with Gasteiger partial charge in [0.1, 0.15) is 12.1 Å². The van der Waals surface area contributed by atoms with Crippen LogP contribution in [0.15, 0.2) is 67.0 Å². The highest BCUT2D eigenvalue weighted by molar-refractivity contribution is 6.33. The molecule has 0 unspecified atom stereocenters. The largest absolute Gasteiger partial charge is 0.493 e. The lowest BCUT2D eigenvalue weighted by atomic mass is 10.1. The third-order valence-electron chi connectivity index (χ3n) is 9.61. The molecule has 12 nitrogen and oxygen atoms in total. The van der Waals surface area contributed by atoms with Gasteiger partial charge in [0.15, 0.2) is 11.5 Å². The second-order valence-corrected chi connectivity index (χ2v) is 13.7. The van der Waals surface area contributed by atoms with Crippen molar-refractivity contribution < 1.29 is 19.0 Å². The number of carbonyl (C=O) groups is 1. The summed E-state index contributed by atoms with van der Waals surface area (Å²) in [6, 6.07) is 18.2. The lowest BCUT2D eigenvalue weighted by molar-refractivity contribution is 0.0299. The Morgan fingerprint density at radius 2 is 1.56 bits per heavy atom. The van der Waals surface area contributed by atoms with Gasteiger partial charge >= 0.3 is 6.03 Å². The molecule has 2 amide bonds. The van der Waals surface area contributed by atoms with E-state index in [1.165, 1.54) is 58.4 Å². The smallest absolute Gasteiger partial charge is 0.323 e. The van der Waals surface area contributed by atoms with Gasteiger partial charge < -0.3 is 35.1 Å². The van der Waals surface area contributed by atoms with E-state index in [9.17, 15) is 4.79 Å². The Morgan fingerprint density at radius 1 is 0.808 bits per heavy atom. The van der Waals surface area contributed by atoms with Crippen LogP contribution in [-0.4, -0.2) is 117 Å². The Kier molecular flexibility index (Phi) is 14.1. The highest BCUT2D eigenvalue weighted by Gasteiger charge is 2.18. The average molecular weight is 731 g/mol. The molecule has 3 heterocycles. The van der Waals surface area contributed by atoms with E-state index < -0.39 is 0 Å². The molecule has 13 heteroatoms. The highest BCUT2D eigenvalue weighted by atomic mass is 35.5. The first-order valence-corrected chi connectivity index (χ1v) is 18.8. The number of anilines is 3. The molecule has 3 aromatic carbocycles. The molecular weight excluding hydrogens is 680 g/mol. The first-order chi connectivity index (χ1) is 25.5. The van der Waals surface area contributed by atoms with Gasteiger partial charge in [-0.2, -0.15) is 0 Å². The molecule has 2 aliphatic heterocycles. The number of para-hydroxylation sites is 1. The zero-order valence-electron chi connectivity index (χ0n) is 30.1. The number of unbranched alkanes of at least 4 members (excludes halogenated alkanes) is 3. The van der Waals surface area contributed by atoms with E-state index in [0.29, 0.717) is 46.9 Å². The second-order valence-electron chi connectivity index (χ2n) is 13.3. The molecule has 278 valence electrons. The summed E-state index contributed by atoms with van der Waals surface area (Å²) in [5.41, 5.74) is 2.92. The SMILES string of the molecule is COc1cc2ncnc(NCc3cccc(NC(=O)Nc4ccccc4Cl)c3)c2cc1OCCCCCCN1CCN(CCN2CCOCC2)CC1. The number of nitrogens with zero attached hydrogens (tertiary/aromatic N) is 5. The van der Waals surface area contributed by atoms with Gasteiger partial charge in [0.2, 0.25) is 0 Å². The number of ether oxygens (including phenoxy) is 3. The number of methoxy groups -OCH3 is 1. The summed E-state index contributed by atoms with van der Waals surface area (Å²) in [7, 11) is 1.65. The number of carbonyl (C=O) groups excluding carboxylic acids is 1. The van der Waals surface area contributed by atoms with E-state index in [1.54, 1.807) is 19.2 Å². The van der Waals surface area contributed by atoms with Crippen LogP contribution in [-0.2, 0) is 11.3 Å². The van der Waals surface area contributed by atoms with E-state index in [-0.39, 0.29) is 6.03 Å². The van der Waals surface area contributed by atoms with Crippen LogP contribution in [0.2, 0.25) is 5.02 Å². The number of rotatable bonds is 17. The molecule has 1 aromatic heterocycles. The molecule has 2 aliphatic rings. The highest BCUT2D eigenvalue weighted by Crippen LogP contribution is 2.34. The summed E-state index contributed by atoms with van der Waals surface area (Å²) >= 11 is 6.18. The predicted molar refractivity (Wildman–Crippen MR) is 208 cm³/mol. The molecule has 2 saturated heterocycles. The lowest BCUT2D eigenvalue weighted by Gasteiger charge is -2.36. The Hall–Kier alpha value is -4.20. The van der Waals surface area contributed by atoms with Gasteiger partial charge in [0.05, 0.1) is 43.2 Å². The fourth-order valence-electron chi connectivity index (χ4n) is 6.59. The molecule has 4 aromatic rings. The first kappa shape index (κ1) is 37.6. The third-order valence-corrected chi connectivity index (χ3v) is 9.94. The van der Waals surface area contributed by atoms with Crippen molar-refractivity contribution in [3.05, 3.63) is 77.6 Å². The van der Waals surface area contributed by atoms with E-state index in [1.807, 2.05) is 48.5 Å². The molecule has 0 spiro atoms. The lowest BCUT2D eigenvalue weighted by Crippen LogP contribution is -2.49. The third kappa shape index (κ3) is 11.1. The van der Waals surface area contributed by atoms with Crippen molar-refractivity contribution in [2.45, 2.75) is 32.2 Å². The van der Waals surface area contributed by atoms with Gasteiger partial charge in [0, 0.05) is 76.0 Å². The summed E-state index contributed by atoms with van der Waals surface area (Å²) in [5.74, 6) is 2.01. The van der Waals surface area contributed by atoms with Crippen LogP contribution >= 0.6 is 11.6 Å². The zero-order chi connectivity index (χ0) is 36.0. The summed E-state index contributed by atoms with van der Waals surface area (Å²) in [4.78, 5) is 29.3. The molecule has 0 saturated carbocycles. The summed E-state index contributed by atoms with van der Waals surface area (Å²) < 4.78 is 17.4. The summed E-state index contributed by atoms with van der Waals surface area (Å²) in [6.07, 6.45) is 6.05. The Labute approximate surface area is 311 Å². The van der Waals surface area contributed by atoms with Crippen LogP contribution in [0.3, 0.4) is 0 Å². The van der Waals surface area contributed by atoms with Gasteiger partial charge in [-0.3, -0.25) is 9.80 Å². The van der Waals surface area contributed by atoms with Crippen LogP contribution < -0.4 is 25.4 Å². The quantitative estimate of drug-likeness (QED) is 0.105. The van der Waals surface area contributed by atoms with Gasteiger partial charge in [-0.25, -0.2) is 14.8 Å². The monoisotopic (exact) mass is 730 g/mol. The number of aromatic nitrogens is 2. The summed E-state index contributed by atoms with van der Waals surface area (Å²) in [6.45, 7) is 13.2. The topological polar surface area (TPSA) is 116 Å². The molecule has 2 fully saturated rings. The molecule has 6 rings (SSSR count). The number of hydrogen-bond acceptors (Lipinski definition) is 10.